The minimum Gasteiger partial charge on any atom is -0.265 e. The van der Waals surface area contributed by atoms with Gasteiger partial charge in [-0.05, 0) is 12.8 Å². The smallest absolute Gasteiger partial charge is 0.265 e. The summed E-state index contributed by atoms with van der Waals surface area (Å²) in [5, 5.41) is 5.95. The molecule has 0 heterocycles. The van der Waals surface area contributed by atoms with Crippen LogP contribution in [0.2, 0.25) is 0 Å². The molecule has 14 heavy (non-hydrogen) atoms. The molecule has 0 rings (SSSR count). The number of nitrogens with one attached hydrogen (secondary N) is 2. The lowest BCUT2D eigenvalue weighted by Crippen LogP contribution is -1.96. The molecule has 0 spiro atoms. The summed E-state index contributed by atoms with van der Waals surface area (Å²) in [6.45, 7) is 0. The van der Waals surface area contributed by atoms with E-state index in [4.69, 9.17) is 11.1 Å². The Bertz CT molecular complexity index is 280. The Morgan fingerprint density at radius 2 is 1.29 bits per heavy atom. The van der Waals surface area contributed by atoms with Crippen molar-refractivity contribution in [1.29, 1.82) is 11.1 Å². The third-order valence-corrected chi connectivity index (χ3v) is 1.35. The van der Waals surface area contributed by atoms with E-state index in [1.807, 2.05) is 0 Å². The van der Waals surface area contributed by atoms with Gasteiger partial charge in [0.25, 0.3) is 0 Å². The SMILES string of the molecule is N=[N+]=NC(=O)CCCCC(=O)N=[N+]=N. The Kier molecular flexibility index (Phi) is 6.49. The van der Waals surface area contributed by atoms with E-state index in [2.05, 4.69) is 20.1 Å². The average Bonchev–Trinajstić information content (AvgIpc) is 2.13. The lowest BCUT2D eigenvalue weighted by molar-refractivity contribution is -0.120. The van der Waals surface area contributed by atoms with Gasteiger partial charge in [-0.3, -0.25) is 9.59 Å². The van der Waals surface area contributed by atoms with Crippen LogP contribution in [0.5, 0.6) is 0 Å². The average molecular weight is 198 g/mol. The number of amides is 2. The van der Waals surface area contributed by atoms with Crippen LogP contribution in [-0.4, -0.2) is 11.8 Å². The molecule has 0 aromatic heterocycles. The second-order valence-corrected chi connectivity index (χ2v) is 2.39. The zero-order valence-corrected chi connectivity index (χ0v) is 7.43. The van der Waals surface area contributed by atoms with Gasteiger partial charge in [0.15, 0.2) is 10.2 Å². The Morgan fingerprint density at radius 1 is 0.929 bits per heavy atom. The van der Waals surface area contributed by atoms with Gasteiger partial charge in [0.2, 0.25) is 9.82 Å². The van der Waals surface area contributed by atoms with E-state index in [1.165, 1.54) is 0 Å². The van der Waals surface area contributed by atoms with Crippen molar-refractivity contribution < 1.29 is 9.59 Å². The fourth-order valence-corrected chi connectivity index (χ4v) is 0.764. The molecule has 74 valence electrons. The number of carbonyl (C=O) groups is 2. The number of unbranched alkanes of at least 4 members (excludes halogenated alkanes) is 1. The molecule has 0 aromatic rings. The van der Waals surface area contributed by atoms with E-state index >= 15 is 0 Å². The van der Waals surface area contributed by atoms with Crippen molar-refractivity contribution in [2.24, 2.45) is 10.2 Å². The van der Waals surface area contributed by atoms with Crippen LogP contribution in [0.25, 0.3) is 0 Å². The monoisotopic (exact) mass is 198 g/mol. The Balaban J connectivity index is 3.56. The number of rotatable bonds is 5. The minimum atomic E-state index is -0.477. The van der Waals surface area contributed by atoms with E-state index in [1.54, 1.807) is 0 Å². The molecule has 0 fully saturated rings. The molecular weight excluding hydrogens is 188 g/mol. The molecule has 0 saturated heterocycles. The van der Waals surface area contributed by atoms with Crippen molar-refractivity contribution in [2.75, 3.05) is 0 Å². The van der Waals surface area contributed by atoms with Crippen LogP contribution >= 0.6 is 0 Å². The van der Waals surface area contributed by atoms with Gasteiger partial charge in [-0.15, -0.1) is 0 Å². The first-order valence-electron chi connectivity index (χ1n) is 3.91. The fourth-order valence-electron chi connectivity index (χ4n) is 0.764. The molecule has 2 amide bonds. The number of nitrogens with zero attached hydrogens (tertiary/aromatic N) is 4. The second kappa shape index (κ2) is 7.60. The van der Waals surface area contributed by atoms with E-state index in [-0.39, 0.29) is 12.8 Å². The molecule has 0 saturated carbocycles. The highest BCUT2D eigenvalue weighted by Crippen LogP contribution is 2.01. The number of carbonyl (C=O) groups excluding carboxylic acids is 2. The van der Waals surface area contributed by atoms with Gasteiger partial charge >= 0.3 is 11.8 Å². The van der Waals surface area contributed by atoms with Crippen molar-refractivity contribution in [3.8, 4) is 0 Å². The summed E-state index contributed by atoms with van der Waals surface area (Å²) >= 11 is 0. The highest BCUT2D eigenvalue weighted by molar-refractivity contribution is 5.77. The van der Waals surface area contributed by atoms with Gasteiger partial charge in [0.1, 0.15) is 11.1 Å². The molecule has 0 bridgehead atoms. The van der Waals surface area contributed by atoms with Gasteiger partial charge in [0.05, 0.1) is 0 Å². The molecule has 0 aliphatic rings. The summed E-state index contributed by atoms with van der Waals surface area (Å²) < 4.78 is 0. The van der Waals surface area contributed by atoms with Crippen molar-refractivity contribution in [3.63, 3.8) is 0 Å². The first-order valence-corrected chi connectivity index (χ1v) is 3.91. The normalized spacial score (nSPS) is 8.29. The number of hydrogen-bond acceptors (Lipinski definition) is 4. The van der Waals surface area contributed by atoms with E-state index in [9.17, 15) is 9.59 Å². The summed E-state index contributed by atoms with van der Waals surface area (Å²) in [5.41, 5.74) is 12.5. The predicted molar refractivity (Wildman–Crippen MR) is 43.0 cm³/mol. The molecular formula is C6H10N6O2+2. The maximum absolute atomic E-state index is 10.7. The molecule has 0 radical (unpaired) electrons. The molecule has 0 aliphatic carbocycles. The zero-order valence-electron chi connectivity index (χ0n) is 7.43. The third kappa shape index (κ3) is 6.66. The van der Waals surface area contributed by atoms with Crippen molar-refractivity contribution in [1.82, 2.24) is 9.82 Å². The fraction of sp³-hybridized carbons (Fsp3) is 0.667. The van der Waals surface area contributed by atoms with Gasteiger partial charge < -0.3 is 0 Å². The van der Waals surface area contributed by atoms with Crippen LogP contribution in [0.3, 0.4) is 0 Å². The zero-order chi connectivity index (χ0) is 10.8. The van der Waals surface area contributed by atoms with E-state index < -0.39 is 11.8 Å². The maximum Gasteiger partial charge on any atom is 0.330 e. The lowest BCUT2D eigenvalue weighted by Gasteiger charge is -1.89. The molecule has 0 aromatic carbocycles. The molecule has 0 aliphatic heterocycles. The van der Waals surface area contributed by atoms with Gasteiger partial charge in [-0.2, -0.15) is 0 Å². The maximum atomic E-state index is 10.7. The Morgan fingerprint density at radius 3 is 1.57 bits per heavy atom. The van der Waals surface area contributed by atoms with Gasteiger partial charge in [-0.25, -0.2) is 0 Å². The predicted octanol–water partition coefficient (Wildman–Crippen LogP) is 0.701. The van der Waals surface area contributed by atoms with Crippen LogP contribution in [0.15, 0.2) is 10.2 Å². The lowest BCUT2D eigenvalue weighted by atomic mass is 10.2. The van der Waals surface area contributed by atoms with E-state index in [0.29, 0.717) is 12.8 Å². The summed E-state index contributed by atoms with van der Waals surface area (Å²) in [7, 11) is 0. The van der Waals surface area contributed by atoms with Gasteiger partial charge in [0, 0.05) is 12.8 Å². The van der Waals surface area contributed by atoms with Crippen molar-refractivity contribution in [3.05, 3.63) is 0 Å². The van der Waals surface area contributed by atoms with E-state index in [0.717, 1.165) is 0 Å². The first-order chi connectivity index (χ1) is 6.70. The van der Waals surface area contributed by atoms with Crippen LogP contribution in [0, 0.1) is 11.1 Å². The highest BCUT2D eigenvalue weighted by atomic mass is 16.2. The number of hydrogen-bond donors (Lipinski definition) is 2. The summed E-state index contributed by atoms with van der Waals surface area (Å²) in [6.07, 6.45) is 1.29. The third-order valence-electron chi connectivity index (χ3n) is 1.35. The largest absolute Gasteiger partial charge is 0.330 e. The van der Waals surface area contributed by atoms with Crippen molar-refractivity contribution in [2.45, 2.75) is 25.7 Å². The van der Waals surface area contributed by atoms with Crippen LogP contribution in [-0.2, 0) is 9.59 Å². The summed E-state index contributed by atoms with van der Waals surface area (Å²) in [6, 6.07) is 0. The quantitative estimate of drug-likeness (QED) is 0.382. The standard InChI is InChI=1S/C6H10N6O2/c7-11-9-5(13)3-1-2-4-6(14)10-12-8/h7-8H,1-4H2/q+2. The molecule has 0 unspecified atom stereocenters. The summed E-state index contributed by atoms with van der Waals surface area (Å²) in [5.74, 6) is -0.955. The Hall–Kier alpha value is -2.04. The van der Waals surface area contributed by atoms with Gasteiger partial charge in [-0.1, -0.05) is 0 Å². The minimum absolute atomic E-state index is 0.160. The molecule has 2 N–H and O–H groups in total. The van der Waals surface area contributed by atoms with Crippen LogP contribution in [0.4, 0.5) is 0 Å². The Labute approximate surface area is 79.2 Å². The summed E-state index contributed by atoms with van der Waals surface area (Å²) in [4.78, 5) is 26.5. The molecule has 0 atom stereocenters. The van der Waals surface area contributed by atoms with Crippen LogP contribution < -0.4 is 9.82 Å². The van der Waals surface area contributed by atoms with Crippen LogP contribution in [0.1, 0.15) is 25.7 Å². The van der Waals surface area contributed by atoms with Crippen molar-refractivity contribution >= 4 is 11.8 Å². The topological polar surface area (TPSA) is 135 Å². The first kappa shape index (κ1) is 12.0. The highest BCUT2D eigenvalue weighted by Gasteiger charge is 2.08. The molecule has 8 nitrogen and oxygen atoms in total. The molecule has 8 heteroatoms. The second-order valence-electron chi connectivity index (χ2n) is 2.39.